The Morgan fingerprint density at radius 1 is 1.38 bits per heavy atom. The molecule has 0 aliphatic heterocycles. The van der Waals surface area contributed by atoms with Crippen LogP contribution in [0.3, 0.4) is 0 Å². The van der Waals surface area contributed by atoms with Gasteiger partial charge >= 0.3 is 0 Å². The van der Waals surface area contributed by atoms with Gasteiger partial charge in [-0.15, -0.1) is 0 Å². The first-order chi connectivity index (χ1) is 10.3. The summed E-state index contributed by atoms with van der Waals surface area (Å²) in [6.07, 6.45) is 7.37. The molecule has 0 amide bonds. The maximum absolute atomic E-state index is 5.87. The van der Waals surface area contributed by atoms with Crippen molar-refractivity contribution in [2.45, 2.75) is 38.3 Å². The lowest BCUT2D eigenvalue weighted by atomic mass is 9.95. The first-order valence-electron chi connectivity index (χ1n) is 7.47. The monoisotopic (exact) mass is 283 g/mol. The lowest BCUT2D eigenvalue weighted by molar-refractivity contribution is 0.302. The van der Waals surface area contributed by atoms with Crippen LogP contribution in [0.15, 0.2) is 42.7 Å². The Morgan fingerprint density at radius 3 is 2.95 bits per heavy atom. The van der Waals surface area contributed by atoms with Crippen LogP contribution in [-0.2, 0) is 6.42 Å². The molecule has 2 aromatic rings. The molecular formula is C17H21N3O. The lowest BCUT2D eigenvalue weighted by Gasteiger charge is -2.20. The molecule has 1 heterocycles. The normalized spacial score (nSPS) is 15.7. The van der Waals surface area contributed by atoms with E-state index in [0.717, 1.165) is 30.6 Å². The largest absolute Gasteiger partial charge is 0.490 e. The van der Waals surface area contributed by atoms with E-state index < -0.39 is 0 Å². The van der Waals surface area contributed by atoms with Crippen LogP contribution in [0.25, 0.3) is 0 Å². The third-order valence-corrected chi connectivity index (χ3v) is 3.82. The molecule has 3 rings (SSSR count). The first-order valence-corrected chi connectivity index (χ1v) is 7.47. The number of hydrazine groups is 1. The average molecular weight is 283 g/mol. The Hall–Kier alpha value is -1.91. The molecule has 1 fully saturated rings. The highest BCUT2D eigenvalue weighted by Crippen LogP contribution is 2.30. The van der Waals surface area contributed by atoms with Gasteiger partial charge in [0.15, 0.2) is 0 Å². The van der Waals surface area contributed by atoms with Crippen molar-refractivity contribution < 1.29 is 4.74 Å². The summed E-state index contributed by atoms with van der Waals surface area (Å²) < 4.78 is 5.87. The standard InChI is InChI=1S/C17H21N3O/c1-2-12-11-19-9-8-16(12)17(20-18)13-4-3-5-15(10-13)21-14-6-7-14/h3-5,8-11,14,17,20H,2,6-7,18H2,1H3. The predicted octanol–water partition coefficient (Wildman–Crippen LogP) is 2.74. The minimum atomic E-state index is -0.0503. The number of pyridine rings is 1. The number of benzene rings is 1. The lowest BCUT2D eigenvalue weighted by Crippen LogP contribution is -2.29. The fourth-order valence-corrected chi connectivity index (χ4v) is 2.53. The number of hydrogen-bond acceptors (Lipinski definition) is 4. The molecule has 4 heteroatoms. The van der Waals surface area contributed by atoms with E-state index in [9.17, 15) is 0 Å². The Morgan fingerprint density at radius 2 is 2.24 bits per heavy atom. The smallest absolute Gasteiger partial charge is 0.120 e. The minimum Gasteiger partial charge on any atom is -0.490 e. The Labute approximate surface area is 125 Å². The van der Waals surface area contributed by atoms with Gasteiger partial charge in [-0.2, -0.15) is 0 Å². The maximum atomic E-state index is 5.87. The third kappa shape index (κ3) is 3.23. The number of aromatic nitrogens is 1. The van der Waals surface area contributed by atoms with Gasteiger partial charge in [0, 0.05) is 12.4 Å². The van der Waals surface area contributed by atoms with Crippen LogP contribution in [0.1, 0.15) is 42.5 Å². The molecule has 0 spiro atoms. The molecule has 21 heavy (non-hydrogen) atoms. The molecule has 3 N–H and O–H groups in total. The number of nitrogens with one attached hydrogen (secondary N) is 1. The molecule has 0 saturated heterocycles. The van der Waals surface area contributed by atoms with Crippen molar-refractivity contribution in [3.63, 3.8) is 0 Å². The zero-order valence-corrected chi connectivity index (χ0v) is 12.3. The maximum Gasteiger partial charge on any atom is 0.120 e. The van der Waals surface area contributed by atoms with Gasteiger partial charge in [-0.05, 0) is 54.2 Å². The Balaban J connectivity index is 1.91. The molecular weight excluding hydrogens is 262 g/mol. The summed E-state index contributed by atoms with van der Waals surface area (Å²) in [4.78, 5) is 4.20. The molecule has 1 aliphatic carbocycles. The highest BCUT2D eigenvalue weighted by atomic mass is 16.5. The fourth-order valence-electron chi connectivity index (χ4n) is 2.53. The van der Waals surface area contributed by atoms with Crippen LogP contribution in [0.5, 0.6) is 5.75 Å². The van der Waals surface area contributed by atoms with E-state index in [1.54, 1.807) is 0 Å². The van der Waals surface area contributed by atoms with Crippen molar-refractivity contribution in [1.29, 1.82) is 0 Å². The summed E-state index contributed by atoms with van der Waals surface area (Å²) in [5, 5.41) is 0. The summed E-state index contributed by atoms with van der Waals surface area (Å²) in [7, 11) is 0. The van der Waals surface area contributed by atoms with Crippen molar-refractivity contribution in [2.75, 3.05) is 0 Å². The van der Waals surface area contributed by atoms with Gasteiger partial charge in [-0.25, -0.2) is 5.43 Å². The molecule has 1 aromatic heterocycles. The zero-order chi connectivity index (χ0) is 14.7. The SMILES string of the molecule is CCc1cnccc1C(NN)c1cccc(OC2CC2)c1. The second-order valence-electron chi connectivity index (χ2n) is 5.42. The summed E-state index contributed by atoms with van der Waals surface area (Å²) in [5.41, 5.74) is 6.40. The van der Waals surface area contributed by atoms with Gasteiger partial charge < -0.3 is 4.74 Å². The topological polar surface area (TPSA) is 60.2 Å². The zero-order valence-electron chi connectivity index (χ0n) is 12.3. The van der Waals surface area contributed by atoms with E-state index in [1.165, 1.54) is 11.1 Å². The van der Waals surface area contributed by atoms with Crippen molar-refractivity contribution in [1.82, 2.24) is 10.4 Å². The number of rotatable bonds is 6. The number of hydrogen-bond donors (Lipinski definition) is 2. The van der Waals surface area contributed by atoms with E-state index in [-0.39, 0.29) is 6.04 Å². The van der Waals surface area contributed by atoms with Gasteiger partial charge in [0.2, 0.25) is 0 Å². The van der Waals surface area contributed by atoms with Crippen molar-refractivity contribution in [3.05, 3.63) is 59.4 Å². The van der Waals surface area contributed by atoms with E-state index in [4.69, 9.17) is 10.6 Å². The van der Waals surface area contributed by atoms with E-state index in [0.29, 0.717) is 6.10 Å². The third-order valence-electron chi connectivity index (χ3n) is 3.82. The first kappa shape index (κ1) is 14.0. The van der Waals surface area contributed by atoms with Gasteiger partial charge in [-0.3, -0.25) is 10.8 Å². The number of nitrogens with two attached hydrogens (primary N) is 1. The van der Waals surface area contributed by atoms with Crippen LogP contribution >= 0.6 is 0 Å². The molecule has 1 aromatic carbocycles. The van der Waals surface area contributed by atoms with Gasteiger partial charge in [-0.1, -0.05) is 19.1 Å². The molecule has 1 saturated carbocycles. The summed E-state index contributed by atoms with van der Waals surface area (Å²) in [6.45, 7) is 2.13. The van der Waals surface area contributed by atoms with Crippen LogP contribution in [0, 0.1) is 0 Å². The van der Waals surface area contributed by atoms with E-state index in [2.05, 4.69) is 29.5 Å². The summed E-state index contributed by atoms with van der Waals surface area (Å²) >= 11 is 0. The molecule has 1 aliphatic rings. The van der Waals surface area contributed by atoms with Gasteiger partial charge in [0.05, 0.1) is 12.1 Å². The van der Waals surface area contributed by atoms with Crippen LogP contribution in [-0.4, -0.2) is 11.1 Å². The van der Waals surface area contributed by atoms with Crippen molar-refractivity contribution in [3.8, 4) is 5.75 Å². The number of aryl methyl sites for hydroxylation is 1. The summed E-state index contributed by atoms with van der Waals surface area (Å²) in [6, 6.07) is 10.1. The Kier molecular flexibility index (Phi) is 4.18. The molecule has 110 valence electrons. The van der Waals surface area contributed by atoms with Gasteiger partial charge in [0.25, 0.3) is 0 Å². The van der Waals surface area contributed by atoms with Crippen molar-refractivity contribution >= 4 is 0 Å². The number of ether oxygens (including phenoxy) is 1. The second-order valence-corrected chi connectivity index (χ2v) is 5.42. The van der Waals surface area contributed by atoms with Crippen molar-refractivity contribution in [2.24, 2.45) is 5.84 Å². The second kappa shape index (κ2) is 6.24. The quantitative estimate of drug-likeness (QED) is 0.632. The van der Waals surface area contributed by atoms with Crippen LogP contribution < -0.4 is 16.0 Å². The predicted molar refractivity (Wildman–Crippen MR) is 82.9 cm³/mol. The van der Waals surface area contributed by atoms with Crippen LogP contribution in [0.2, 0.25) is 0 Å². The van der Waals surface area contributed by atoms with E-state index >= 15 is 0 Å². The van der Waals surface area contributed by atoms with Gasteiger partial charge in [0.1, 0.15) is 5.75 Å². The Bertz CT molecular complexity index is 610. The molecule has 1 atom stereocenters. The summed E-state index contributed by atoms with van der Waals surface area (Å²) in [5.74, 6) is 6.73. The molecule has 0 bridgehead atoms. The molecule has 0 radical (unpaired) electrons. The van der Waals surface area contributed by atoms with E-state index in [1.807, 2.05) is 30.6 Å². The highest BCUT2D eigenvalue weighted by Gasteiger charge is 2.24. The van der Waals surface area contributed by atoms with Crippen LogP contribution in [0.4, 0.5) is 0 Å². The fraction of sp³-hybridized carbons (Fsp3) is 0.353. The average Bonchev–Trinajstić information content (AvgIpc) is 3.33. The minimum absolute atomic E-state index is 0.0503. The number of nitrogens with zero attached hydrogens (tertiary/aromatic N) is 1. The molecule has 1 unspecified atom stereocenters. The molecule has 4 nitrogen and oxygen atoms in total. The highest BCUT2D eigenvalue weighted by molar-refractivity contribution is 5.39.